The molecule has 0 aromatic heterocycles. The Hall–Kier alpha value is -1.88. The molecule has 1 aromatic rings. The first kappa shape index (κ1) is 13.1. The maximum atomic E-state index is 12.7. The molecule has 0 radical (unpaired) electrons. The summed E-state index contributed by atoms with van der Waals surface area (Å²) in [5.74, 6) is -1.04. The number of hydrogen-bond acceptors (Lipinski definition) is 3. The molecule has 1 N–H and O–H groups in total. The zero-order chi connectivity index (χ0) is 14.3. The van der Waals surface area contributed by atoms with Crippen molar-refractivity contribution in [2.45, 2.75) is 31.8 Å². The van der Waals surface area contributed by atoms with E-state index in [1.165, 1.54) is 0 Å². The van der Waals surface area contributed by atoms with Crippen LogP contribution in [0, 0.1) is 0 Å². The Bertz CT molecular complexity index is 575. The van der Waals surface area contributed by atoms with Crippen LogP contribution < -0.4 is 4.90 Å². The third-order valence-electron chi connectivity index (χ3n) is 4.14. The number of anilines is 1. The van der Waals surface area contributed by atoms with E-state index >= 15 is 0 Å². The van der Waals surface area contributed by atoms with Crippen molar-refractivity contribution in [1.29, 1.82) is 0 Å². The number of nitrogens with zero attached hydrogens (tertiary/aromatic N) is 1. The lowest BCUT2D eigenvalue weighted by Gasteiger charge is -2.28. The summed E-state index contributed by atoms with van der Waals surface area (Å²) in [5, 5.41) is 9.08. The van der Waals surface area contributed by atoms with Crippen molar-refractivity contribution >= 4 is 17.6 Å². The highest BCUT2D eigenvalue weighted by molar-refractivity contribution is 6.02. The van der Waals surface area contributed by atoms with Gasteiger partial charge in [-0.05, 0) is 43.9 Å². The highest BCUT2D eigenvalue weighted by Crippen LogP contribution is 2.34. The summed E-state index contributed by atoms with van der Waals surface area (Å²) >= 11 is 0. The Labute approximate surface area is 117 Å². The van der Waals surface area contributed by atoms with Gasteiger partial charge >= 0.3 is 5.97 Å². The molecular formula is C15H17NO4. The van der Waals surface area contributed by atoms with Gasteiger partial charge < -0.3 is 14.7 Å². The van der Waals surface area contributed by atoms with Gasteiger partial charge in [-0.1, -0.05) is 6.07 Å². The van der Waals surface area contributed by atoms with Gasteiger partial charge in [0.1, 0.15) is 5.60 Å². The number of carbonyl (C=O) groups is 2. The molecule has 0 aliphatic carbocycles. The fourth-order valence-corrected chi connectivity index (χ4v) is 2.96. The van der Waals surface area contributed by atoms with Gasteiger partial charge in [0, 0.05) is 18.8 Å². The standard InChI is InChI=1S/C15H17NO4/c1-15(6-2-8-20-15)14(19)16-7-5-10-3-4-11(13(17)18)9-12(10)16/h3-4,9H,2,5-8H2,1H3,(H,17,18). The molecule has 2 heterocycles. The number of carboxylic acid groups (broad SMARTS) is 1. The maximum Gasteiger partial charge on any atom is 0.335 e. The first-order valence-electron chi connectivity index (χ1n) is 6.83. The van der Waals surface area contributed by atoms with Crippen LogP contribution in [0.3, 0.4) is 0 Å². The Morgan fingerprint density at radius 2 is 2.20 bits per heavy atom. The van der Waals surface area contributed by atoms with E-state index < -0.39 is 11.6 Å². The molecule has 1 unspecified atom stereocenters. The molecule has 2 aliphatic rings. The molecule has 1 saturated heterocycles. The van der Waals surface area contributed by atoms with Gasteiger partial charge in [0.15, 0.2) is 0 Å². The fraction of sp³-hybridized carbons (Fsp3) is 0.467. The smallest absolute Gasteiger partial charge is 0.335 e. The second kappa shape index (κ2) is 4.59. The Morgan fingerprint density at radius 3 is 2.85 bits per heavy atom. The van der Waals surface area contributed by atoms with E-state index in [4.69, 9.17) is 9.84 Å². The molecule has 0 bridgehead atoms. The molecule has 1 fully saturated rings. The molecular weight excluding hydrogens is 258 g/mol. The molecule has 5 heteroatoms. The highest BCUT2D eigenvalue weighted by Gasteiger charge is 2.42. The Morgan fingerprint density at radius 1 is 1.40 bits per heavy atom. The fourth-order valence-electron chi connectivity index (χ4n) is 2.96. The summed E-state index contributed by atoms with van der Waals surface area (Å²) in [4.78, 5) is 25.4. The molecule has 2 aliphatic heterocycles. The predicted molar refractivity (Wildman–Crippen MR) is 73.0 cm³/mol. The molecule has 106 valence electrons. The normalized spacial score (nSPS) is 24.8. The lowest BCUT2D eigenvalue weighted by molar-refractivity contribution is -0.136. The first-order chi connectivity index (χ1) is 9.51. The molecule has 0 spiro atoms. The van der Waals surface area contributed by atoms with Gasteiger partial charge in [-0.15, -0.1) is 0 Å². The summed E-state index contributed by atoms with van der Waals surface area (Å²) in [6.45, 7) is 3.02. The summed E-state index contributed by atoms with van der Waals surface area (Å²) < 4.78 is 5.60. The van der Waals surface area contributed by atoms with E-state index in [0.29, 0.717) is 18.8 Å². The van der Waals surface area contributed by atoms with Crippen molar-refractivity contribution in [2.24, 2.45) is 0 Å². The van der Waals surface area contributed by atoms with E-state index in [9.17, 15) is 9.59 Å². The number of hydrogen-bond donors (Lipinski definition) is 1. The summed E-state index contributed by atoms with van der Waals surface area (Å²) in [6, 6.07) is 4.97. The van der Waals surface area contributed by atoms with Crippen LogP contribution in [0.25, 0.3) is 0 Å². The monoisotopic (exact) mass is 275 g/mol. The summed E-state index contributed by atoms with van der Waals surface area (Å²) in [5.41, 5.74) is 1.18. The maximum absolute atomic E-state index is 12.7. The van der Waals surface area contributed by atoms with Crippen LogP contribution in [-0.2, 0) is 16.0 Å². The van der Waals surface area contributed by atoms with Crippen molar-refractivity contribution in [3.05, 3.63) is 29.3 Å². The van der Waals surface area contributed by atoms with Crippen LogP contribution >= 0.6 is 0 Å². The summed E-state index contributed by atoms with van der Waals surface area (Å²) in [6.07, 6.45) is 2.37. The average Bonchev–Trinajstić information content (AvgIpc) is 3.04. The number of carboxylic acids is 1. The van der Waals surface area contributed by atoms with E-state index in [2.05, 4.69) is 0 Å². The largest absolute Gasteiger partial charge is 0.478 e. The lowest BCUT2D eigenvalue weighted by atomic mass is 10.0. The third kappa shape index (κ3) is 1.98. The Kier molecular flexibility index (Phi) is 3.01. The van der Waals surface area contributed by atoms with Crippen LogP contribution in [0.2, 0.25) is 0 Å². The molecule has 5 nitrogen and oxygen atoms in total. The van der Waals surface area contributed by atoms with Crippen molar-refractivity contribution in [3.63, 3.8) is 0 Å². The SMILES string of the molecule is CC1(C(=O)N2CCc3ccc(C(=O)O)cc32)CCCO1. The second-order valence-corrected chi connectivity index (χ2v) is 5.54. The van der Waals surface area contributed by atoms with Crippen molar-refractivity contribution < 1.29 is 19.4 Å². The number of benzene rings is 1. The van der Waals surface area contributed by atoms with E-state index in [0.717, 1.165) is 24.8 Å². The number of amides is 1. The van der Waals surface area contributed by atoms with Crippen LogP contribution in [0.4, 0.5) is 5.69 Å². The number of aromatic carboxylic acids is 1. The van der Waals surface area contributed by atoms with Gasteiger partial charge in [0.05, 0.1) is 5.56 Å². The molecule has 1 atom stereocenters. The number of rotatable bonds is 2. The summed E-state index contributed by atoms with van der Waals surface area (Å²) in [7, 11) is 0. The van der Waals surface area contributed by atoms with E-state index in [1.54, 1.807) is 23.1 Å². The minimum Gasteiger partial charge on any atom is -0.478 e. The van der Waals surface area contributed by atoms with Crippen LogP contribution in [0.15, 0.2) is 18.2 Å². The average molecular weight is 275 g/mol. The second-order valence-electron chi connectivity index (χ2n) is 5.54. The number of carbonyl (C=O) groups excluding carboxylic acids is 1. The van der Waals surface area contributed by atoms with Crippen LogP contribution in [-0.4, -0.2) is 35.7 Å². The zero-order valence-electron chi connectivity index (χ0n) is 11.4. The lowest BCUT2D eigenvalue weighted by Crippen LogP contribution is -2.46. The topological polar surface area (TPSA) is 66.8 Å². The number of ether oxygens (including phenoxy) is 1. The van der Waals surface area contributed by atoms with Crippen molar-refractivity contribution in [2.75, 3.05) is 18.1 Å². The molecule has 1 aromatic carbocycles. The van der Waals surface area contributed by atoms with Crippen molar-refractivity contribution in [3.8, 4) is 0 Å². The first-order valence-corrected chi connectivity index (χ1v) is 6.83. The molecule has 0 saturated carbocycles. The van der Waals surface area contributed by atoms with Gasteiger partial charge in [-0.3, -0.25) is 4.79 Å². The van der Waals surface area contributed by atoms with E-state index in [1.807, 2.05) is 6.92 Å². The minimum atomic E-state index is -0.976. The molecule has 1 amide bonds. The predicted octanol–water partition coefficient (Wildman–Crippen LogP) is 1.84. The third-order valence-corrected chi connectivity index (χ3v) is 4.14. The highest BCUT2D eigenvalue weighted by atomic mass is 16.5. The Balaban J connectivity index is 1.94. The van der Waals surface area contributed by atoms with Gasteiger partial charge in [-0.25, -0.2) is 4.79 Å². The van der Waals surface area contributed by atoms with Gasteiger partial charge in [0.25, 0.3) is 5.91 Å². The minimum absolute atomic E-state index is 0.0590. The molecule has 3 rings (SSSR count). The van der Waals surface area contributed by atoms with Crippen molar-refractivity contribution in [1.82, 2.24) is 0 Å². The zero-order valence-corrected chi connectivity index (χ0v) is 11.4. The van der Waals surface area contributed by atoms with Crippen LogP contribution in [0.5, 0.6) is 0 Å². The van der Waals surface area contributed by atoms with Gasteiger partial charge in [-0.2, -0.15) is 0 Å². The van der Waals surface area contributed by atoms with E-state index in [-0.39, 0.29) is 11.5 Å². The number of fused-ring (bicyclic) bond motifs is 1. The molecule has 20 heavy (non-hydrogen) atoms. The van der Waals surface area contributed by atoms with Crippen LogP contribution in [0.1, 0.15) is 35.7 Å². The van der Waals surface area contributed by atoms with Gasteiger partial charge in [0.2, 0.25) is 0 Å². The quantitative estimate of drug-likeness (QED) is 0.894.